The van der Waals surface area contributed by atoms with Crippen LogP contribution in [-0.2, 0) is 10.8 Å². The molecule has 53 heavy (non-hydrogen) atoms. The van der Waals surface area contributed by atoms with Crippen molar-refractivity contribution in [3.05, 3.63) is 126 Å². The summed E-state index contributed by atoms with van der Waals surface area (Å²) in [6, 6.07) is 20.9. The Hall–Kier alpha value is -5.69. The Balaban J connectivity index is 0.000000164. The van der Waals surface area contributed by atoms with Crippen LogP contribution in [-0.4, -0.2) is 60.5 Å². The molecule has 6 aromatic rings. The van der Waals surface area contributed by atoms with Gasteiger partial charge in [0, 0.05) is 54.3 Å². The molecule has 0 unspecified atom stereocenters. The fourth-order valence-electron chi connectivity index (χ4n) is 6.74. The highest BCUT2D eigenvalue weighted by Crippen LogP contribution is 2.45. The first kappa shape index (κ1) is 35.7. The van der Waals surface area contributed by atoms with Gasteiger partial charge in [0.25, 0.3) is 0 Å². The van der Waals surface area contributed by atoms with E-state index in [0.29, 0.717) is 58.5 Å². The van der Waals surface area contributed by atoms with Crippen LogP contribution in [0.25, 0.3) is 22.5 Å². The number of anilines is 2. The van der Waals surface area contributed by atoms with E-state index in [1.807, 2.05) is 42.5 Å². The van der Waals surface area contributed by atoms with Crippen LogP contribution in [0.2, 0.25) is 5.15 Å². The number of nitrogens with zero attached hydrogens (tertiary/aromatic N) is 8. The first-order valence-electron chi connectivity index (χ1n) is 17.4. The van der Waals surface area contributed by atoms with E-state index in [9.17, 15) is 8.78 Å². The summed E-state index contributed by atoms with van der Waals surface area (Å²) >= 11 is 6.09. The second-order valence-electron chi connectivity index (χ2n) is 13.2. The maximum absolute atomic E-state index is 14.2. The molecule has 2 saturated carbocycles. The summed E-state index contributed by atoms with van der Waals surface area (Å²) in [7, 11) is 1.57. The first-order chi connectivity index (χ1) is 25.9. The van der Waals surface area contributed by atoms with Crippen LogP contribution in [0.3, 0.4) is 0 Å². The highest BCUT2D eigenvalue weighted by Gasteiger charge is 2.42. The zero-order valence-corrected chi connectivity index (χ0v) is 29.8. The maximum atomic E-state index is 14.2. The second-order valence-corrected chi connectivity index (χ2v) is 13.5. The normalized spacial score (nSPS) is 15.2. The zero-order valence-electron chi connectivity index (χ0n) is 29.0. The fraction of sp³-hybridized carbons (Fsp3) is 0.282. The molecular formula is C39H37ClF2N10O. The molecule has 0 spiro atoms. The van der Waals surface area contributed by atoms with Gasteiger partial charge in [-0.05, 0) is 98.5 Å². The predicted octanol–water partition coefficient (Wildman–Crippen LogP) is 7.88. The van der Waals surface area contributed by atoms with Gasteiger partial charge >= 0.3 is 0 Å². The lowest BCUT2D eigenvalue weighted by Gasteiger charge is -2.41. The first-order valence-corrected chi connectivity index (χ1v) is 17.8. The second kappa shape index (κ2) is 15.9. The summed E-state index contributed by atoms with van der Waals surface area (Å²) < 4.78 is 33.6. The summed E-state index contributed by atoms with van der Waals surface area (Å²) in [6.07, 6.45) is 12.4. The Kier molecular flexibility index (Phi) is 10.7. The molecule has 2 aliphatic rings. The Labute approximate surface area is 310 Å². The van der Waals surface area contributed by atoms with Gasteiger partial charge < -0.3 is 15.4 Å². The van der Waals surface area contributed by atoms with E-state index in [2.05, 4.69) is 51.0 Å². The quantitative estimate of drug-likeness (QED) is 0.126. The molecule has 0 radical (unpaired) electrons. The molecule has 0 saturated heterocycles. The Bertz CT molecular complexity index is 2150. The van der Waals surface area contributed by atoms with Crippen molar-refractivity contribution in [2.24, 2.45) is 0 Å². The SMILES string of the molecule is COc1ncccc1-c1ccc(NCC2(c3ncccc3F)CCC2)nn1.Fc1cccnc1C1(CNc2ccc(-c3cccnc3Cl)nn2)CCC1. The van der Waals surface area contributed by atoms with Crippen molar-refractivity contribution in [1.82, 2.24) is 40.3 Å². The van der Waals surface area contributed by atoms with Crippen molar-refractivity contribution >= 4 is 23.2 Å². The molecule has 2 fully saturated rings. The van der Waals surface area contributed by atoms with Crippen LogP contribution in [0.5, 0.6) is 5.88 Å². The number of hydrogen-bond acceptors (Lipinski definition) is 11. The van der Waals surface area contributed by atoms with E-state index >= 15 is 0 Å². The minimum Gasteiger partial charge on any atom is -0.481 e. The van der Waals surface area contributed by atoms with Crippen molar-refractivity contribution in [2.75, 3.05) is 30.8 Å². The van der Waals surface area contributed by atoms with E-state index < -0.39 is 0 Å². The van der Waals surface area contributed by atoms with Crippen LogP contribution < -0.4 is 15.4 Å². The Morgan fingerprint density at radius 2 is 1.08 bits per heavy atom. The van der Waals surface area contributed by atoms with Gasteiger partial charge in [0.15, 0.2) is 0 Å². The number of aromatic nitrogens is 8. The smallest absolute Gasteiger partial charge is 0.222 e. The van der Waals surface area contributed by atoms with Gasteiger partial charge in [-0.1, -0.05) is 24.4 Å². The lowest BCUT2D eigenvalue weighted by Crippen LogP contribution is -2.42. The highest BCUT2D eigenvalue weighted by atomic mass is 35.5. The fourth-order valence-corrected chi connectivity index (χ4v) is 6.96. The molecule has 14 heteroatoms. The highest BCUT2D eigenvalue weighted by molar-refractivity contribution is 6.32. The number of ether oxygens (including phenoxy) is 1. The standard InChI is InChI=1S/C20H20FN5O.C19H17ClFN5/c1-27-19-14(5-2-12-23-19)16-7-8-17(26-25-16)24-13-20(9-4-10-20)18-15(21)6-3-11-22-18;20-18-13(4-1-11-23-18)15-6-7-16(26-25-15)24-12-19(8-3-9-19)17-14(21)5-2-10-22-17/h2-3,5-8,11-12H,4,9-10,13H2,1H3,(H,24,26);1-2,4-7,10-11H,3,8-9,12H2,(H,24,26). The largest absolute Gasteiger partial charge is 0.481 e. The van der Waals surface area contributed by atoms with E-state index in [1.165, 1.54) is 12.1 Å². The number of rotatable bonds is 11. The number of pyridine rings is 4. The van der Waals surface area contributed by atoms with Crippen molar-refractivity contribution < 1.29 is 13.5 Å². The molecule has 2 aliphatic carbocycles. The van der Waals surface area contributed by atoms with Crippen LogP contribution in [0.4, 0.5) is 20.4 Å². The predicted molar refractivity (Wildman–Crippen MR) is 199 cm³/mol. The third-order valence-corrected chi connectivity index (χ3v) is 10.3. The number of hydrogen-bond donors (Lipinski definition) is 2. The van der Waals surface area contributed by atoms with Crippen LogP contribution in [0, 0.1) is 11.6 Å². The van der Waals surface area contributed by atoms with Gasteiger partial charge in [0.2, 0.25) is 5.88 Å². The summed E-state index contributed by atoms with van der Waals surface area (Å²) in [4.78, 5) is 16.8. The van der Waals surface area contributed by atoms with Crippen molar-refractivity contribution in [2.45, 2.75) is 49.4 Å². The topological polar surface area (TPSA) is 136 Å². The summed E-state index contributed by atoms with van der Waals surface area (Å²) in [5.41, 5.74) is 3.36. The van der Waals surface area contributed by atoms with Crippen molar-refractivity contribution in [3.63, 3.8) is 0 Å². The van der Waals surface area contributed by atoms with Gasteiger partial charge in [-0.15, -0.1) is 20.4 Å². The number of halogens is 3. The van der Waals surface area contributed by atoms with Crippen LogP contribution in [0.15, 0.2) is 97.6 Å². The zero-order chi connectivity index (χ0) is 36.7. The van der Waals surface area contributed by atoms with E-state index in [-0.39, 0.29) is 22.5 Å². The van der Waals surface area contributed by atoms with E-state index in [0.717, 1.165) is 49.7 Å². The van der Waals surface area contributed by atoms with Crippen molar-refractivity contribution in [1.29, 1.82) is 0 Å². The molecule has 0 amide bonds. The number of methoxy groups -OCH3 is 1. The molecule has 8 rings (SSSR count). The van der Waals surface area contributed by atoms with E-state index in [1.54, 1.807) is 50.1 Å². The molecule has 0 atom stereocenters. The molecule has 0 aromatic carbocycles. The third-order valence-electron chi connectivity index (χ3n) is 9.96. The molecule has 11 nitrogen and oxygen atoms in total. The minimum atomic E-state index is -0.279. The third kappa shape index (κ3) is 7.75. The summed E-state index contributed by atoms with van der Waals surface area (Å²) in [5.74, 6) is 1.29. The Morgan fingerprint density at radius 3 is 1.51 bits per heavy atom. The van der Waals surface area contributed by atoms with Crippen LogP contribution in [0.1, 0.15) is 49.9 Å². The average Bonchev–Trinajstić information content (AvgIpc) is 3.16. The Morgan fingerprint density at radius 1 is 0.604 bits per heavy atom. The van der Waals surface area contributed by atoms with Gasteiger partial charge in [-0.25, -0.2) is 18.7 Å². The minimum absolute atomic E-state index is 0.246. The van der Waals surface area contributed by atoms with E-state index in [4.69, 9.17) is 16.3 Å². The molecule has 6 heterocycles. The van der Waals surface area contributed by atoms with Gasteiger partial charge in [0.1, 0.15) is 28.4 Å². The molecular weight excluding hydrogens is 698 g/mol. The van der Waals surface area contributed by atoms with Gasteiger partial charge in [0.05, 0.1) is 35.4 Å². The lowest BCUT2D eigenvalue weighted by atomic mass is 9.66. The van der Waals surface area contributed by atoms with Crippen LogP contribution >= 0.6 is 11.6 Å². The monoisotopic (exact) mass is 734 g/mol. The molecule has 270 valence electrons. The molecule has 2 N–H and O–H groups in total. The summed E-state index contributed by atoms with van der Waals surface area (Å²) in [6.45, 7) is 1.15. The van der Waals surface area contributed by atoms with Gasteiger partial charge in [-0.2, -0.15) is 0 Å². The molecule has 0 aliphatic heterocycles. The molecule has 0 bridgehead atoms. The van der Waals surface area contributed by atoms with Gasteiger partial charge in [-0.3, -0.25) is 9.97 Å². The number of nitrogens with one attached hydrogen (secondary N) is 2. The average molecular weight is 735 g/mol. The maximum Gasteiger partial charge on any atom is 0.222 e. The molecule has 6 aromatic heterocycles. The lowest BCUT2D eigenvalue weighted by molar-refractivity contribution is 0.243. The van der Waals surface area contributed by atoms with Crippen molar-refractivity contribution in [3.8, 4) is 28.4 Å². The summed E-state index contributed by atoms with van der Waals surface area (Å²) in [5, 5.41) is 23.9.